The quantitative estimate of drug-likeness (QED) is 0.296. The van der Waals surface area contributed by atoms with Crippen molar-refractivity contribution in [3.63, 3.8) is 0 Å². The number of carbonyl (C=O) groups excluding carboxylic acids is 1. The fourth-order valence-electron chi connectivity index (χ4n) is 4.80. The van der Waals surface area contributed by atoms with Gasteiger partial charge in [0.2, 0.25) is 0 Å². The average Bonchev–Trinajstić information content (AvgIpc) is 3.26. The third kappa shape index (κ3) is 4.84. The second-order valence-electron chi connectivity index (χ2n) is 9.07. The van der Waals surface area contributed by atoms with Crippen molar-refractivity contribution in [2.45, 2.75) is 43.9 Å². The second kappa shape index (κ2) is 9.28. The highest BCUT2D eigenvalue weighted by Gasteiger charge is 2.35. The molecule has 10 heteroatoms. The maximum atomic E-state index is 13.5. The van der Waals surface area contributed by atoms with Gasteiger partial charge in [-0.15, -0.1) is 0 Å². The third-order valence-electron chi connectivity index (χ3n) is 6.70. The lowest BCUT2D eigenvalue weighted by Crippen LogP contribution is -2.43. The number of benzene rings is 2. The molecule has 4 aromatic rings. The van der Waals surface area contributed by atoms with Crippen molar-refractivity contribution >= 4 is 45.1 Å². The van der Waals surface area contributed by atoms with Crippen molar-refractivity contribution in [2.75, 3.05) is 11.9 Å². The Morgan fingerprint density at radius 3 is 2.56 bits per heavy atom. The molecule has 1 N–H and O–H groups in total. The number of pyridine rings is 1. The van der Waals surface area contributed by atoms with E-state index in [1.54, 1.807) is 13.1 Å². The molecule has 2 aromatic carbocycles. The van der Waals surface area contributed by atoms with Gasteiger partial charge in [-0.05, 0) is 74.2 Å². The minimum atomic E-state index is -4.58. The summed E-state index contributed by atoms with van der Waals surface area (Å²) >= 11 is 6.13. The van der Waals surface area contributed by atoms with E-state index >= 15 is 0 Å². The Balaban J connectivity index is 1.29. The molecule has 0 saturated heterocycles. The van der Waals surface area contributed by atoms with E-state index in [1.165, 1.54) is 36.4 Å². The summed E-state index contributed by atoms with van der Waals surface area (Å²) in [6.45, 7) is 0. The SMILES string of the molecule is CN(c1cc(C(F)(F)F)nc2ccc(Cl)cc12)[C@H]1CC[C@@H](NC(=O)c2cc3cc(F)ccc3o2)CC1. The second-order valence-corrected chi connectivity index (χ2v) is 9.50. The monoisotopic (exact) mass is 519 g/mol. The minimum absolute atomic E-state index is 0.0296. The van der Waals surface area contributed by atoms with Crippen LogP contribution in [0.2, 0.25) is 5.02 Å². The van der Waals surface area contributed by atoms with Crippen molar-refractivity contribution in [1.29, 1.82) is 0 Å². The van der Waals surface area contributed by atoms with Crippen LogP contribution in [-0.2, 0) is 6.18 Å². The molecule has 0 radical (unpaired) electrons. The number of rotatable bonds is 4. The van der Waals surface area contributed by atoms with Gasteiger partial charge in [-0.1, -0.05) is 11.6 Å². The van der Waals surface area contributed by atoms with E-state index < -0.39 is 17.7 Å². The Kier molecular flexibility index (Phi) is 6.28. The number of hydrogen-bond acceptors (Lipinski definition) is 4. The van der Waals surface area contributed by atoms with E-state index in [0.29, 0.717) is 52.7 Å². The number of aromatic nitrogens is 1. The molecule has 0 spiro atoms. The number of alkyl halides is 3. The van der Waals surface area contributed by atoms with Gasteiger partial charge in [0.1, 0.15) is 17.1 Å². The van der Waals surface area contributed by atoms with Crippen molar-refractivity contribution in [3.05, 3.63) is 70.8 Å². The summed E-state index contributed by atoms with van der Waals surface area (Å²) in [6.07, 6.45) is -1.96. The lowest BCUT2D eigenvalue weighted by atomic mass is 9.89. The van der Waals surface area contributed by atoms with Gasteiger partial charge in [0, 0.05) is 40.6 Å². The van der Waals surface area contributed by atoms with Crippen molar-refractivity contribution in [1.82, 2.24) is 10.3 Å². The number of nitrogens with zero attached hydrogens (tertiary/aromatic N) is 2. The Morgan fingerprint density at radius 1 is 1.08 bits per heavy atom. The summed E-state index contributed by atoms with van der Waals surface area (Å²) in [5.41, 5.74) is 0.111. The molecule has 0 aliphatic heterocycles. The van der Waals surface area contributed by atoms with Crippen LogP contribution in [0.1, 0.15) is 41.9 Å². The van der Waals surface area contributed by atoms with Crippen LogP contribution < -0.4 is 10.2 Å². The summed E-state index contributed by atoms with van der Waals surface area (Å²) in [6, 6.07) is 11.1. The number of fused-ring (bicyclic) bond motifs is 2. The smallest absolute Gasteiger partial charge is 0.433 e. The molecule has 5 nitrogen and oxygen atoms in total. The van der Waals surface area contributed by atoms with Gasteiger partial charge in [0.25, 0.3) is 5.91 Å². The predicted octanol–water partition coefficient (Wildman–Crippen LogP) is 6.97. The van der Waals surface area contributed by atoms with Gasteiger partial charge in [-0.2, -0.15) is 13.2 Å². The van der Waals surface area contributed by atoms with Crippen LogP contribution in [0.3, 0.4) is 0 Å². The van der Waals surface area contributed by atoms with E-state index in [1.807, 2.05) is 4.90 Å². The van der Waals surface area contributed by atoms with Crippen LogP contribution in [0.4, 0.5) is 23.2 Å². The van der Waals surface area contributed by atoms with Crippen molar-refractivity contribution < 1.29 is 26.8 Å². The van der Waals surface area contributed by atoms with E-state index in [2.05, 4.69) is 10.3 Å². The Bertz CT molecular complexity index is 1440. The van der Waals surface area contributed by atoms with Crippen molar-refractivity contribution in [2.24, 2.45) is 0 Å². The van der Waals surface area contributed by atoms with Crippen LogP contribution in [0.15, 0.2) is 52.9 Å². The number of furan rings is 1. The van der Waals surface area contributed by atoms with Crippen molar-refractivity contribution in [3.8, 4) is 0 Å². The average molecular weight is 520 g/mol. The lowest BCUT2D eigenvalue weighted by molar-refractivity contribution is -0.140. The normalized spacial score (nSPS) is 18.5. The van der Waals surface area contributed by atoms with Crippen LogP contribution in [0.25, 0.3) is 21.9 Å². The molecule has 0 bridgehead atoms. The predicted molar refractivity (Wildman–Crippen MR) is 130 cm³/mol. The molecule has 1 aliphatic carbocycles. The zero-order valence-corrected chi connectivity index (χ0v) is 20.0. The number of carbonyl (C=O) groups is 1. The first kappa shape index (κ1) is 24.4. The first-order chi connectivity index (χ1) is 17.1. The third-order valence-corrected chi connectivity index (χ3v) is 6.94. The van der Waals surface area contributed by atoms with E-state index in [0.717, 1.165) is 6.07 Å². The fourth-order valence-corrected chi connectivity index (χ4v) is 4.98. The van der Waals surface area contributed by atoms with Gasteiger partial charge in [0.05, 0.1) is 5.52 Å². The summed E-state index contributed by atoms with van der Waals surface area (Å²) in [7, 11) is 1.77. The summed E-state index contributed by atoms with van der Waals surface area (Å²) < 4.78 is 59.5. The molecule has 36 heavy (non-hydrogen) atoms. The number of hydrogen-bond donors (Lipinski definition) is 1. The molecule has 1 fully saturated rings. The number of nitrogens with one attached hydrogen (secondary N) is 1. The molecular weight excluding hydrogens is 498 g/mol. The Hall–Kier alpha value is -3.33. The van der Waals surface area contributed by atoms with E-state index in [4.69, 9.17) is 16.0 Å². The van der Waals surface area contributed by atoms with Crippen LogP contribution in [0, 0.1) is 5.82 Å². The Labute approximate surface area is 209 Å². The van der Waals surface area contributed by atoms with Gasteiger partial charge in [0.15, 0.2) is 5.76 Å². The minimum Gasteiger partial charge on any atom is -0.451 e. The van der Waals surface area contributed by atoms with E-state index in [9.17, 15) is 22.4 Å². The molecule has 1 saturated carbocycles. The van der Waals surface area contributed by atoms with Crippen LogP contribution in [-0.4, -0.2) is 30.0 Å². The first-order valence-corrected chi connectivity index (χ1v) is 11.9. The first-order valence-electron chi connectivity index (χ1n) is 11.5. The number of amides is 1. The highest BCUT2D eigenvalue weighted by atomic mass is 35.5. The fraction of sp³-hybridized carbons (Fsp3) is 0.308. The maximum absolute atomic E-state index is 13.5. The molecule has 1 amide bonds. The van der Waals surface area contributed by atoms with Gasteiger partial charge < -0.3 is 14.6 Å². The number of halogens is 5. The molecule has 2 heterocycles. The molecule has 2 aromatic heterocycles. The summed E-state index contributed by atoms with van der Waals surface area (Å²) in [4.78, 5) is 18.3. The molecule has 1 aliphatic rings. The maximum Gasteiger partial charge on any atom is 0.433 e. The summed E-state index contributed by atoms with van der Waals surface area (Å²) in [5, 5.41) is 4.43. The molecule has 188 valence electrons. The molecule has 0 unspecified atom stereocenters. The van der Waals surface area contributed by atoms with Gasteiger partial charge in [-0.25, -0.2) is 9.37 Å². The highest BCUT2D eigenvalue weighted by Crippen LogP contribution is 2.37. The molecule has 5 rings (SSSR count). The molecule has 0 atom stereocenters. The zero-order valence-electron chi connectivity index (χ0n) is 19.2. The highest BCUT2D eigenvalue weighted by molar-refractivity contribution is 6.31. The lowest BCUT2D eigenvalue weighted by Gasteiger charge is -2.36. The van der Waals surface area contributed by atoms with Crippen LogP contribution in [0.5, 0.6) is 0 Å². The standard InChI is InChI=1S/C26H22ClF4N3O2/c1-34(21-13-24(26(29,30)31)33-20-8-2-15(27)12-19(20)21)18-6-4-17(5-7-18)32-25(35)23-11-14-10-16(28)3-9-22(14)36-23/h2-3,8-13,17-18H,4-7H2,1H3,(H,32,35)/t17-,18+. The van der Waals surface area contributed by atoms with E-state index in [-0.39, 0.29) is 29.3 Å². The number of anilines is 1. The summed E-state index contributed by atoms with van der Waals surface area (Å²) in [5.74, 6) is -0.688. The van der Waals surface area contributed by atoms with Crippen LogP contribution >= 0.6 is 11.6 Å². The largest absolute Gasteiger partial charge is 0.451 e. The zero-order chi connectivity index (χ0) is 25.6. The molecular formula is C26H22ClF4N3O2. The van der Waals surface area contributed by atoms with Gasteiger partial charge >= 0.3 is 6.18 Å². The van der Waals surface area contributed by atoms with Gasteiger partial charge in [-0.3, -0.25) is 4.79 Å². The Morgan fingerprint density at radius 2 is 1.83 bits per heavy atom. The topological polar surface area (TPSA) is 58.4 Å².